The Labute approximate surface area is 277 Å². The maximum Gasteiger partial charge on any atom is 0.261 e. The average molecular weight is 646 g/mol. The van der Waals surface area contributed by atoms with Gasteiger partial charge in [-0.15, -0.1) is 0 Å². The number of carbonyl (C=O) groups is 2. The van der Waals surface area contributed by atoms with Crippen molar-refractivity contribution >= 4 is 23.4 Å². The molecule has 0 unspecified atom stereocenters. The molecule has 3 aliphatic rings. The van der Waals surface area contributed by atoms with Crippen molar-refractivity contribution in [2.45, 2.75) is 39.5 Å². The van der Waals surface area contributed by atoms with Crippen molar-refractivity contribution in [1.82, 2.24) is 14.9 Å². The van der Waals surface area contributed by atoms with Crippen molar-refractivity contribution < 1.29 is 23.8 Å². The summed E-state index contributed by atoms with van der Waals surface area (Å²) in [6, 6.07) is 22.0. The molecule has 3 aliphatic heterocycles. The van der Waals surface area contributed by atoms with E-state index >= 15 is 0 Å². The van der Waals surface area contributed by atoms with E-state index in [4.69, 9.17) is 25.8 Å². The third-order valence-corrected chi connectivity index (χ3v) is 8.66. The summed E-state index contributed by atoms with van der Waals surface area (Å²) in [6.45, 7) is 5.40. The lowest BCUT2D eigenvalue weighted by Crippen LogP contribution is -2.44. The zero-order valence-electron chi connectivity index (χ0n) is 26.0. The zero-order chi connectivity index (χ0) is 32.5. The van der Waals surface area contributed by atoms with Gasteiger partial charge in [0.15, 0.2) is 0 Å². The van der Waals surface area contributed by atoms with E-state index in [2.05, 4.69) is 23.8 Å². The maximum absolute atomic E-state index is 13.0. The van der Waals surface area contributed by atoms with Gasteiger partial charge in [-0.3, -0.25) is 24.5 Å². The van der Waals surface area contributed by atoms with Crippen LogP contribution in [0.15, 0.2) is 97.6 Å². The molecule has 5 aromatic rings. The highest BCUT2D eigenvalue weighted by atomic mass is 35.5. The first-order valence-corrected chi connectivity index (χ1v) is 15.9. The first kappa shape index (κ1) is 30.4. The number of rotatable bonds is 6. The molecule has 0 radical (unpaired) electrons. The van der Waals surface area contributed by atoms with Gasteiger partial charge in [-0.2, -0.15) is 0 Å². The molecule has 0 N–H and O–H groups in total. The van der Waals surface area contributed by atoms with Gasteiger partial charge in [0.1, 0.15) is 37.1 Å². The number of halogens is 1. The molecule has 0 saturated heterocycles. The normalized spacial score (nSPS) is 14.3. The van der Waals surface area contributed by atoms with E-state index in [1.807, 2.05) is 60.9 Å². The van der Waals surface area contributed by atoms with Crippen LogP contribution in [0.3, 0.4) is 0 Å². The van der Waals surface area contributed by atoms with Gasteiger partial charge in [-0.05, 0) is 78.1 Å². The number of hydrogen-bond acceptors (Lipinski definition) is 7. The van der Waals surface area contributed by atoms with Crippen LogP contribution in [0.25, 0.3) is 22.3 Å². The van der Waals surface area contributed by atoms with Crippen molar-refractivity contribution in [1.29, 1.82) is 0 Å². The first-order chi connectivity index (χ1) is 22.9. The predicted molar refractivity (Wildman–Crippen MR) is 179 cm³/mol. The number of fused-ring (bicyclic) bond motifs is 7. The number of amides is 2. The molecule has 0 saturated carbocycles. The number of hydrogen-bond donors (Lipinski definition) is 0. The van der Waals surface area contributed by atoms with E-state index < -0.39 is 0 Å². The van der Waals surface area contributed by atoms with Gasteiger partial charge in [-0.25, -0.2) is 0 Å². The van der Waals surface area contributed by atoms with Crippen LogP contribution < -0.4 is 14.2 Å². The van der Waals surface area contributed by atoms with E-state index in [0.29, 0.717) is 47.5 Å². The molecule has 0 fully saturated rings. The van der Waals surface area contributed by atoms with Crippen LogP contribution >= 0.6 is 11.6 Å². The summed E-state index contributed by atoms with van der Waals surface area (Å²) < 4.78 is 17.6. The van der Waals surface area contributed by atoms with Gasteiger partial charge in [0.25, 0.3) is 11.8 Å². The van der Waals surface area contributed by atoms with E-state index in [-0.39, 0.29) is 24.5 Å². The summed E-state index contributed by atoms with van der Waals surface area (Å²) in [5.41, 5.74) is 7.47. The van der Waals surface area contributed by atoms with Crippen molar-refractivity contribution in [3.05, 3.63) is 125 Å². The lowest BCUT2D eigenvalue weighted by molar-refractivity contribution is 0.0507. The second-order valence-corrected chi connectivity index (χ2v) is 12.5. The third kappa shape index (κ3) is 6.04. The lowest BCUT2D eigenvalue weighted by Gasteiger charge is -2.28. The van der Waals surface area contributed by atoms with Crippen LogP contribution in [0.1, 0.15) is 52.1 Å². The van der Waals surface area contributed by atoms with E-state index in [1.54, 1.807) is 36.7 Å². The maximum atomic E-state index is 13.0. The Morgan fingerprint density at radius 2 is 1.32 bits per heavy atom. The fourth-order valence-corrected chi connectivity index (χ4v) is 6.38. The van der Waals surface area contributed by atoms with Crippen molar-refractivity contribution in [2.75, 3.05) is 6.61 Å². The summed E-state index contributed by atoms with van der Waals surface area (Å²) in [4.78, 5) is 35.6. The Balaban J connectivity index is 0.000000194. The molecule has 47 heavy (non-hydrogen) atoms. The number of imide groups is 1. The fraction of sp³-hybridized carbons (Fsp3) is 0.211. The molecule has 2 amide bonds. The molecule has 1 atom stereocenters. The molecule has 2 aromatic heterocycles. The number of pyridine rings is 2. The highest BCUT2D eigenvalue weighted by Crippen LogP contribution is 2.40. The quantitative estimate of drug-likeness (QED) is 0.173. The van der Waals surface area contributed by atoms with Gasteiger partial charge >= 0.3 is 0 Å². The summed E-state index contributed by atoms with van der Waals surface area (Å²) in [7, 11) is 0. The molecule has 5 heterocycles. The minimum atomic E-state index is -0.355. The number of aromatic nitrogens is 2. The summed E-state index contributed by atoms with van der Waals surface area (Å²) in [6.07, 6.45) is 7.89. The minimum absolute atomic E-state index is 0.225. The fourth-order valence-electron chi connectivity index (χ4n) is 6.22. The molecule has 0 bridgehead atoms. The van der Waals surface area contributed by atoms with Crippen molar-refractivity contribution in [3.8, 4) is 39.5 Å². The standard InChI is InChI=1S/C26H24N2O4.C12H8ClNO/c1-16(2)11-18(28-25(29)22-5-3-4-6-23(22)26(28)30)15-31-19-7-8-21-20-9-10-27-13-17(20)14-32-24(21)12-19;13-9-1-2-11-10-3-4-14-6-8(10)7-15-12(11)5-9/h3-10,12-13,16,18H,11,14-15H2,1-2H3;1-6H,7H2/t18-;/m0./s1. The summed E-state index contributed by atoms with van der Waals surface area (Å²) in [5, 5.41) is 0.700. The topological polar surface area (TPSA) is 90.9 Å². The van der Waals surface area contributed by atoms with Gasteiger partial charge < -0.3 is 14.2 Å². The highest BCUT2D eigenvalue weighted by Gasteiger charge is 2.40. The SMILES string of the molecule is CC(C)C[C@@H](COc1ccc2c(c1)OCc1cnccc1-2)N1C(=O)c2ccccc2C1=O.Clc1ccc2c(c1)OCc1cnccc1-2. The molecular formula is C38H32ClN3O5. The smallest absolute Gasteiger partial charge is 0.261 e. The van der Waals surface area contributed by atoms with Crippen LogP contribution in [0.4, 0.5) is 0 Å². The minimum Gasteiger partial charge on any atom is -0.491 e. The second-order valence-electron chi connectivity index (χ2n) is 12.1. The Morgan fingerprint density at radius 1 is 0.745 bits per heavy atom. The molecule has 0 spiro atoms. The number of nitrogens with zero attached hydrogens (tertiary/aromatic N) is 3. The molecule has 9 heteroatoms. The molecule has 236 valence electrons. The van der Waals surface area contributed by atoms with Crippen molar-refractivity contribution in [3.63, 3.8) is 0 Å². The number of ether oxygens (including phenoxy) is 3. The van der Waals surface area contributed by atoms with E-state index in [1.165, 1.54) is 10.5 Å². The monoisotopic (exact) mass is 645 g/mol. The average Bonchev–Trinajstić information content (AvgIpc) is 3.35. The number of benzene rings is 3. The van der Waals surface area contributed by atoms with Crippen LogP contribution in [0, 0.1) is 5.92 Å². The third-order valence-electron chi connectivity index (χ3n) is 8.43. The van der Waals surface area contributed by atoms with Gasteiger partial charge in [0.05, 0.1) is 17.2 Å². The lowest BCUT2D eigenvalue weighted by atomic mass is 9.99. The van der Waals surface area contributed by atoms with Crippen molar-refractivity contribution in [2.24, 2.45) is 5.92 Å². The van der Waals surface area contributed by atoms with Crippen LogP contribution in [-0.4, -0.2) is 39.3 Å². The van der Waals surface area contributed by atoms with Crippen LogP contribution in [0.2, 0.25) is 5.02 Å². The molecule has 8 rings (SSSR count). The van der Waals surface area contributed by atoms with Gasteiger partial charge in [0.2, 0.25) is 0 Å². The van der Waals surface area contributed by atoms with E-state index in [0.717, 1.165) is 39.3 Å². The Morgan fingerprint density at radius 3 is 1.91 bits per heavy atom. The summed E-state index contributed by atoms with van der Waals surface area (Å²) in [5.74, 6) is 2.04. The first-order valence-electron chi connectivity index (χ1n) is 15.5. The summed E-state index contributed by atoms with van der Waals surface area (Å²) >= 11 is 5.91. The van der Waals surface area contributed by atoms with Gasteiger partial charge in [0, 0.05) is 58.1 Å². The Bertz CT molecular complexity index is 1960. The van der Waals surface area contributed by atoms with Crippen LogP contribution in [-0.2, 0) is 13.2 Å². The molecular weight excluding hydrogens is 614 g/mol. The van der Waals surface area contributed by atoms with Crippen LogP contribution in [0.5, 0.6) is 17.2 Å². The number of carbonyl (C=O) groups excluding carboxylic acids is 2. The largest absolute Gasteiger partial charge is 0.491 e. The zero-order valence-corrected chi connectivity index (χ0v) is 26.7. The van der Waals surface area contributed by atoms with Gasteiger partial charge in [-0.1, -0.05) is 37.6 Å². The highest BCUT2D eigenvalue weighted by molar-refractivity contribution is 6.30. The second kappa shape index (κ2) is 12.9. The molecule has 8 nitrogen and oxygen atoms in total. The Hall–Kier alpha value is -5.21. The Kier molecular flexibility index (Phi) is 8.35. The predicted octanol–water partition coefficient (Wildman–Crippen LogP) is 8.03. The molecule has 3 aromatic carbocycles. The van der Waals surface area contributed by atoms with E-state index in [9.17, 15) is 9.59 Å². The molecule has 0 aliphatic carbocycles.